The first-order chi connectivity index (χ1) is 15.2. The fourth-order valence-electron chi connectivity index (χ4n) is 4.53. The van der Waals surface area contributed by atoms with Crippen molar-refractivity contribution < 1.29 is 9.21 Å². The molecule has 4 rings (SSSR count). The molecule has 0 radical (unpaired) electrons. The Bertz CT molecular complexity index is 990. The number of benzene rings is 2. The Morgan fingerprint density at radius 2 is 1.90 bits per heavy atom. The van der Waals surface area contributed by atoms with Crippen molar-refractivity contribution in [3.05, 3.63) is 60.4 Å². The van der Waals surface area contributed by atoms with E-state index in [1.165, 1.54) is 24.9 Å². The highest BCUT2D eigenvalue weighted by molar-refractivity contribution is 6.02. The molecule has 1 saturated heterocycles. The van der Waals surface area contributed by atoms with Crippen molar-refractivity contribution >= 4 is 28.4 Å². The minimum Gasteiger partial charge on any atom is -0.464 e. The molecule has 164 valence electrons. The Hall–Kier alpha value is -2.79. The third-order valence-electron chi connectivity index (χ3n) is 6.34. The van der Waals surface area contributed by atoms with Crippen molar-refractivity contribution in [3.63, 3.8) is 0 Å². The Labute approximate surface area is 185 Å². The second-order valence-corrected chi connectivity index (χ2v) is 8.38. The van der Waals surface area contributed by atoms with Crippen LogP contribution in [0.15, 0.2) is 59.2 Å². The molecule has 31 heavy (non-hydrogen) atoms. The van der Waals surface area contributed by atoms with Gasteiger partial charge in [-0.15, -0.1) is 0 Å². The van der Waals surface area contributed by atoms with E-state index >= 15 is 0 Å². The van der Waals surface area contributed by atoms with Crippen LogP contribution in [0, 0.1) is 0 Å². The molecule has 1 fully saturated rings. The maximum absolute atomic E-state index is 12.9. The number of amides is 2. The smallest absolute Gasteiger partial charge is 0.326 e. The van der Waals surface area contributed by atoms with Crippen LogP contribution < -0.4 is 10.2 Å². The van der Waals surface area contributed by atoms with E-state index in [-0.39, 0.29) is 6.03 Å². The van der Waals surface area contributed by atoms with Gasteiger partial charge in [-0.05, 0) is 82.1 Å². The summed E-state index contributed by atoms with van der Waals surface area (Å²) in [5, 5.41) is 4.19. The minimum atomic E-state index is -0.123. The van der Waals surface area contributed by atoms with E-state index in [0.29, 0.717) is 12.5 Å². The molecule has 1 aromatic heterocycles. The maximum atomic E-state index is 12.9. The highest BCUT2D eigenvalue weighted by Crippen LogP contribution is 2.35. The van der Waals surface area contributed by atoms with Gasteiger partial charge in [0.15, 0.2) is 0 Å². The van der Waals surface area contributed by atoms with Gasteiger partial charge in [0.1, 0.15) is 5.58 Å². The molecule has 1 N–H and O–H groups in total. The van der Waals surface area contributed by atoms with Crippen LogP contribution in [0.25, 0.3) is 11.0 Å². The maximum Gasteiger partial charge on any atom is 0.326 e. The zero-order valence-electron chi connectivity index (χ0n) is 18.6. The number of anilines is 2. The summed E-state index contributed by atoms with van der Waals surface area (Å²) in [5.74, 6) is 0.515. The second kappa shape index (κ2) is 10.0. The Balaban J connectivity index is 1.48. The molecule has 0 saturated carbocycles. The van der Waals surface area contributed by atoms with Gasteiger partial charge in [-0.2, -0.15) is 0 Å². The number of unbranched alkanes of at least 4 members (excludes halogenated alkanes) is 1. The van der Waals surface area contributed by atoms with E-state index in [1.54, 1.807) is 4.90 Å². The molecule has 0 bridgehead atoms. The molecule has 2 amide bonds. The van der Waals surface area contributed by atoms with E-state index in [0.717, 1.165) is 48.3 Å². The summed E-state index contributed by atoms with van der Waals surface area (Å²) < 4.78 is 5.86. The number of nitrogens with one attached hydrogen (secondary N) is 1. The number of carbonyl (C=O) groups is 1. The topological polar surface area (TPSA) is 48.7 Å². The summed E-state index contributed by atoms with van der Waals surface area (Å²) in [6.07, 6.45) is 6.77. The van der Waals surface area contributed by atoms with Crippen LogP contribution in [0.4, 0.5) is 16.2 Å². The fraction of sp³-hybridized carbons (Fsp3) is 0.423. The van der Waals surface area contributed by atoms with Crippen molar-refractivity contribution in [2.24, 2.45) is 0 Å². The molecule has 5 heteroatoms. The summed E-state index contributed by atoms with van der Waals surface area (Å²) in [6.45, 7) is 8.34. The predicted molar refractivity (Wildman–Crippen MR) is 128 cm³/mol. The van der Waals surface area contributed by atoms with Gasteiger partial charge in [-0.3, -0.25) is 4.90 Å². The number of urea groups is 1. The number of piperidine rings is 1. The van der Waals surface area contributed by atoms with Crippen molar-refractivity contribution in [2.75, 3.05) is 36.4 Å². The van der Waals surface area contributed by atoms with Gasteiger partial charge in [-0.1, -0.05) is 31.5 Å². The lowest BCUT2D eigenvalue weighted by Crippen LogP contribution is -2.34. The van der Waals surface area contributed by atoms with Gasteiger partial charge in [-0.25, -0.2) is 4.79 Å². The lowest BCUT2D eigenvalue weighted by Gasteiger charge is -2.31. The molecule has 0 atom stereocenters. The standard InChI is InChI=1S/C26H33N3O2/c1-3-5-15-28-16-13-20(14-17-28)24-19-31-25-12-11-21(18-23(24)25)27-26(30)29(4-2)22-9-7-6-8-10-22/h6-12,18-20H,3-5,13-17H2,1-2H3,(H,27,30). The normalized spacial score (nSPS) is 15.3. The number of rotatable bonds is 7. The summed E-state index contributed by atoms with van der Waals surface area (Å²) in [5.41, 5.74) is 3.85. The van der Waals surface area contributed by atoms with Crippen molar-refractivity contribution in [1.82, 2.24) is 4.90 Å². The van der Waals surface area contributed by atoms with Crippen LogP contribution in [0.3, 0.4) is 0 Å². The van der Waals surface area contributed by atoms with Crippen LogP contribution in [0.2, 0.25) is 0 Å². The minimum absolute atomic E-state index is 0.123. The van der Waals surface area contributed by atoms with Crippen LogP contribution in [0.5, 0.6) is 0 Å². The fourth-order valence-corrected chi connectivity index (χ4v) is 4.53. The predicted octanol–water partition coefficient (Wildman–Crippen LogP) is 6.47. The number of fused-ring (bicyclic) bond motifs is 1. The monoisotopic (exact) mass is 419 g/mol. The largest absolute Gasteiger partial charge is 0.464 e. The Morgan fingerprint density at radius 1 is 1.13 bits per heavy atom. The number of carbonyl (C=O) groups excluding carboxylic acids is 1. The molecule has 0 unspecified atom stereocenters. The molecular weight excluding hydrogens is 386 g/mol. The molecule has 2 heterocycles. The molecule has 2 aromatic carbocycles. The first kappa shape index (κ1) is 21.4. The van der Waals surface area contributed by atoms with E-state index in [1.807, 2.05) is 55.7 Å². The van der Waals surface area contributed by atoms with Gasteiger partial charge in [0.2, 0.25) is 0 Å². The molecule has 5 nitrogen and oxygen atoms in total. The number of para-hydroxylation sites is 1. The number of nitrogens with zero attached hydrogens (tertiary/aromatic N) is 2. The molecule has 3 aromatic rings. The highest BCUT2D eigenvalue weighted by atomic mass is 16.3. The third-order valence-corrected chi connectivity index (χ3v) is 6.34. The molecule has 1 aliphatic rings. The summed E-state index contributed by atoms with van der Waals surface area (Å²) in [7, 11) is 0. The van der Waals surface area contributed by atoms with Crippen molar-refractivity contribution in [3.8, 4) is 0 Å². The van der Waals surface area contributed by atoms with Gasteiger partial charge >= 0.3 is 6.03 Å². The Morgan fingerprint density at radius 3 is 2.61 bits per heavy atom. The number of likely N-dealkylation sites (tertiary alicyclic amines) is 1. The molecule has 1 aliphatic heterocycles. The number of hydrogen-bond donors (Lipinski definition) is 1. The van der Waals surface area contributed by atoms with Crippen LogP contribution in [0.1, 0.15) is 51.0 Å². The lowest BCUT2D eigenvalue weighted by atomic mass is 9.89. The van der Waals surface area contributed by atoms with E-state index in [2.05, 4.69) is 23.2 Å². The quantitative estimate of drug-likeness (QED) is 0.477. The van der Waals surface area contributed by atoms with Gasteiger partial charge in [0, 0.05) is 28.9 Å². The molecule has 0 aliphatic carbocycles. The summed E-state index contributed by atoms with van der Waals surface area (Å²) in [6, 6.07) is 15.6. The molecular formula is C26H33N3O2. The highest BCUT2D eigenvalue weighted by Gasteiger charge is 2.23. The summed E-state index contributed by atoms with van der Waals surface area (Å²) >= 11 is 0. The first-order valence-corrected chi connectivity index (χ1v) is 11.6. The van der Waals surface area contributed by atoms with Crippen molar-refractivity contribution in [1.29, 1.82) is 0 Å². The van der Waals surface area contributed by atoms with Gasteiger partial charge < -0.3 is 14.6 Å². The zero-order valence-corrected chi connectivity index (χ0v) is 18.6. The Kier molecular flexibility index (Phi) is 6.92. The van der Waals surface area contributed by atoms with E-state index < -0.39 is 0 Å². The van der Waals surface area contributed by atoms with Crippen LogP contribution in [-0.4, -0.2) is 37.1 Å². The SMILES string of the molecule is CCCCN1CCC(c2coc3ccc(NC(=O)N(CC)c4ccccc4)cc23)CC1. The van der Waals surface area contributed by atoms with Gasteiger partial charge in [0.25, 0.3) is 0 Å². The second-order valence-electron chi connectivity index (χ2n) is 8.38. The lowest BCUT2D eigenvalue weighted by molar-refractivity contribution is 0.210. The van der Waals surface area contributed by atoms with Crippen molar-refractivity contribution in [2.45, 2.75) is 45.4 Å². The number of furan rings is 1. The first-order valence-electron chi connectivity index (χ1n) is 11.6. The molecule has 0 spiro atoms. The average Bonchev–Trinajstić information content (AvgIpc) is 3.22. The van der Waals surface area contributed by atoms with E-state index in [9.17, 15) is 4.79 Å². The van der Waals surface area contributed by atoms with E-state index in [4.69, 9.17) is 4.42 Å². The third kappa shape index (κ3) is 4.93. The van der Waals surface area contributed by atoms with Gasteiger partial charge in [0.05, 0.1) is 6.26 Å². The summed E-state index contributed by atoms with van der Waals surface area (Å²) in [4.78, 5) is 17.2. The number of hydrogen-bond acceptors (Lipinski definition) is 3. The van der Waals surface area contributed by atoms with Crippen LogP contribution >= 0.6 is 0 Å². The zero-order chi connectivity index (χ0) is 21.6. The average molecular weight is 420 g/mol. The van der Waals surface area contributed by atoms with Crippen LogP contribution in [-0.2, 0) is 0 Å².